The largest absolute Gasteiger partial charge is 0.393 e. The SMILES string of the molecule is CCC1CN(C(=O)c2cc(F)c(F)c(F)c2)CCC1O. The zero-order chi connectivity index (χ0) is 14.9. The van der Waals surface area contributed by atoms with Gasteiger partial charge >= 0.3 is 0 Å². The topological polar surface area (TPSA) is 40.5 Å². The van der Waals surface area contributed by atoms with Crippen LogP contribution in [0.25, 0.3) is 0 Å². The molecule has 1 aliphatic rings. The summed E-state index contributed by atoms with van der Waals surface area (Å²) in [5.74, 6) is -4.94. The lowest BCUT2D eigenvalue weighted by molar-refractivity contribution is 0.0228. The van der Waals surface area contributed by atoms with Crippen LogP contribution in [-0.4, -0.2) is 35.1 Å². The molecule has 2 unspecified atom stereocenters. The van der Waals surface area contributed by atoms with E-state index in [9.17, 15) is 23.1 Å². The molecule has 1 fully saturated rings. The average molecular weight is 287 g/mol. The van der Waals surface area contributed by atoms with Gasteiger partial charge in [-0.3, -0.25) is 4.79 Å². The van der Waals surface area contributed by atoms with E-state index in [0.29, 0.717) is 38.1 Å². The van der Waals surface area contributed by atoms with Crippen molar-refractivity contribution in [2.24, 2.45) is 5.92 Å². The molecule has 1 aromatic carbocycles. The van der Waals surface area contributed by atoms with E-state index in [1.807, 2.05) is 6.92 Å². The highest BCUT2D eigenvalue weighted by molar-refractivity contribution is 5.94. The number of rotatable bonds is 2. The van der Waals surface area contributed by atoms with Crippen LogP contribution in [-0.2, 0) is 0 Å². The Morgan fingerprint density at radius 2 is 1.95 bits per heavy atom. The molecule has 1 saturated heterocycles. The molecule has 1 aliphatic heterocycles. The van der Waals surface area contributed by atoms with Crippen molar-refractivity contribution in [2.75, 3.05) is 13.1 Å². The van der Waals surface area contributed by atoms with Crippen molar-refractivity contribution in [3.8, 4) is 0 Å². The first-order valence-electron chi connectivity index (χ1n) is 6.56. The van der Waals surface area contributed by atoms with E-state index in [1.54, 1.807) is 0 Å². The fourth-order valence-electron chi connectivity index (χ4n) is 2.47. The lowest BCUT2D eigenvalue weighted by atomic mass is 9.92. The molecule has 2 rings (SSSR count). The summed E-state index contributed by atoms with van der Waals surface area (Å²) in [4.78, 5) is 13.6. The summed E-state index contributed by atoms with van der Waals surface area (Å²) in [7, 11) is 0. The quantitative estimate of drug-likeness (QED) is 0.848. The van der Waals surface area contributed by atoms with Crippen LogP contribution in [0.5, 0.6) is 0 Å². The van der Waals surface area contributed by atoms with Crippen molar-refractivity contribution in [1.29, 1.82) is 0 Å². The average Bonchev–Trinajstić information content (AvgIpc) is 2.44. The Morgan fingerprint density at radius 1 is 1.35 bits per heavy atom. The number of benzene rings is 1. The van der Waals surface area contributed by atoms with Crippen LogP contribution in [0.15, 0.2) is 12.1 Å². The van der Waals surface area contributed by atoms with Crippen LogP contribution >= 0.6 is 0 Å². The molecular formula is C14H16F3NO2. The minimum atomic E-state index is -1.58. The maximum absolute atomic E-state index is 13.1. The Balaban J connectivity index is 2.19. The maximum Gasteiger partial charge on any atom is 0.254 e. The summed E-state index contributed by atoms with van der Waals surface area (Å²) in [6.07, 6.45) is 0.666. The van der Waals surface area contributed by atoms with E-state index >= 15 is 0 Å². The minimum Gasteiger partial charge on any atom is -0.393 e. The first kappa shape index (κ1) is 14.8. The Labute approximate surface area is 115 Å². The number of amides is 1. The summed E-state index contributed by atoms with van der Waals surface area (Å²) in [5.41, 5.74) is -0.215. The maximum atomic E-state index is 13.1. The molecule has 0 bridgehead atoms. The highest BCUT2D eigenvalue weighted by atomic mass is 19.2. The number of aliphatic hydroxyl groups excluding tert-OH is 1. The van der Waals surface area contributed by atoms with Gasteiger partial charge < -0.3 is 10.0 Å². The second-order valence-corrected chi connectivity index (χ2v) is 5.03. The molecular weight excluding hydrogens is 271 g/mol. The van der Waals surface area contributed by atoms with Gasteiger partial charge in [-0.25, -0.2) is 13.2 Å². The Hall–Kier alpha value is -1.56. The molecule has 3 nitrogen and oxygen atoms in total. The van der Waals surface area contributed by atoms with E-state index in [0.717, 1.165) is 0 Å². The highest BCUT2D eigenvalue weighted by Crippen LogP contribution is 2.22. The molecule has 1 amide bonds. The van der Waals surface area contributed by atoms with Gasteiger partial charge in [0.2, 0.25) is 0 Å². The fourth-order valence-corrected chi connectivity index (χ4v) is 2.47. The first-order chi connectivity index (χ1) is 9.43. The predicted octanol–water partition coefficient (Wildman–Crippen LogP) is 2.34. The van der Waals surface area contributed by atoms with Gasteiger partial charge in [0.1, 0.15) is 0 Å². The van der Waals surface area contributed by atoms with Crippen LogP contribution in [0.3, 0.4) is 0 Å². The van der Waals surface area contributed by atoms with Gasteiger partial charge in [0.25, 0.3) is 5.91 Å². The number of carbonyl (C=O) groups excluding carboxylic acids is 1. The molecule has 0 spiro atoms. The first-order valence-corrected chi connectivity index (χ1v) is 6.56. The minimum absolute atomic E-state index is 0.0529. The zero-order valence-corrected chi connectivity index (χ0v) is 11.1. The smallest absolute Gasteiger partial charge is 0.254 e. The Bertz CT molecular complexity index is 498. The molecule has 0 radical (unpaired) electrons. The van der Waals surface area contributed by atoms with Crippen LogP contribution in [0.1, 0.15) is 30.1 Å². The molecule has 0 aliphatic carbocycles. The van der Waals surface area contributed by atoms with E-state index in [-0.39, 0.29) is 11.5 Å². The summed E-state index contributed by atoms with van der Waals surface area (Å²) in [6.45, 7) is 2.55. The van der Waals surface area contributed by atoms with Crippen molar-refractivity contribution in [1.82, 2.24) is 4.90 Å². The predicted molar refractivity (Wildman–Crippen MR) is 66.6 cm³/mol. The molecule has 1 N–H and O–H groups in total. The molecule has 1 aromatic rings. The van der Waals surface area contributed by atoms with E-state index in [4.69, 9.17) is 0 Å². The molecule has 2 atom stereocenters. The van der Waals surface area contributed by atoms with E-state index < -0.39 is 29.5 Å². The number of carbonyl (C=O) groups is 1. The molecule has 20 heavy (non-hydrogen) atoms. The van der Waals surface area contributed by atoms with E-state index in [2.05, 4.69) is 0 Å². The monoisotopic (exact) mass is 287 g/mol. The van der Waals surface area contributed by atoms with Gasteiger partial charge in [0, 0.05) is 24.6 Å². The van der Waals surface area contributed by atoms with Crippen LogP contribution < -0.4 is 0 Å². The van der Waals surface area contributed by atoms with Crippen LogP contribution in [0.2, 0.25) is 0 Å². The second kappa shape index (κ2) is 5.83. The van der Waals surface area contributed by atoms with Gasteiger partial charge in [0.15, 0.2) is 17.5 Å². The van der Waals surface area contributed by atoms with Crippen LogP contribution in [0.4, 0.5) is 13.2 Å². The van der Waals surface area contributed by atoms with Gasteiger partial charge in [-0.05, 0) is 25.0 Å². The number of nitrogens with zero attached hydrogens (tertiary/aromatic N) is 1. The summed E-state index contributed by atoms with van der Waals surface area (Å²) in [5, 5.41) is 9.76. The molecule has 0 aromatic heterocycles. The van der Waals surface area contributed by atoms with Gasteiger partial charge in [-0.15, -0.1) is 0 Å². The second-order valence-electron chi connectivity index (χ2n) is 5.03. The van der Waals surface area contributed by atoms with Gasteiger partial charge in [-0.2, -0.15) is 0 Å². The van der Waals surface area contributed by atoms with Crippen molar-refractivity contribution < 1.29 is 23.1 Å². The number of piperidine rings is 1. The molecule has 0 saturated carbocycles. The Kier molecular flexibility index (Phi) is 4.32. The third kappa shape index (κ3) is 2.80. The van der Waals surface area contributed by atoms with Gasteiger partial charge in [0.05, 0.1) is 6.10 Å². The highest BCUT2D eigenvalue weighted by Gasteiger charge is 2.30. The summed E-state index contributed by atoms with van der Waals surface area (Å²) >= 11 is 0. The Morgan fingerprint density at radius 3 is 2.50 bits per heavy atom. The van der Waals surface area contributed by atoms with Crippen molar-refractivity contribution >= 4 is 5.91 Å². The number of hydrogen-bond acceptors (Lipinski definition) is 2. The third-order valence-corrected chi connectivity index (χ3v) is 3.74. The van der Waals surface area contributed by atoms with E-state index in [1.165, 1.54) is 4.90 Å². The summed E-state index contributed by atoms with van der Waals surface area (Å²) in [6, 6.07) is 1.40. The lowest BCUT2D eigenvalue weighted by Crippen LogP contribution is -2.45. The van der Waals surface area contributed by atoms with Crippen LogP contribution in [0, 0.1) is 23.4 Å². The van der Waals surface area contributed by atoms with Crippen molar-refractivity contribution in [3.63, 3.8) is 0 Å². The van der Waals surface area contributed by atoms with Crippen molar-refractivity contribution in [2.45, 2.75) is 25.9 Å². The number of hydrogen-bond donors (Lipinski definition) is 1. The number of halogens is 3. The fraction of sp³-hybridized carbons (Fsp3) is 0.500. The third-order valence-electron chi connectivity index (χ3n) is 3.74. The molecule has 110 valence electrons. The number of aliphatic hydroxyl groups is 1. The zero-order valence-electron chi connectivity index (χ0n) is 11.1. The molecule has 6 heteroatoms. The van der Waals surface area contributed by atoms with Crippen molar-refractivity contribution in [3.05, 3.63) is 35.1 Å². The summed E-state index contributed by atoms with van der Waals surface area (Å²) < 4.78 is 39.2. The molecule has 1 heterocycles. The number of likely N-dealkylation sites (tertiary alicyclic amines) is 1. The lowest BCUT2D eigenvalue weighted by Gasteiger charge is -2.35. The van der Waals surface area contributed by atoms with Gasteiger partial charge in [-0.1, -0.05) is 6.92 Å². The normalized spacial score (nSPS) is 22.9. The standard InChI is InChI=1S/C14H16F3NO2/c1-2-8-7-18(4-3-12(8)19)14(20)9-5-10(15)13(17)11(16)6-9/h5-6,8,12,19H,2-4,7H2,1H3.